The SMILES string of the molecule is Cc1nc(NC(=O)C2C3CCC(O3)C2C(F)(F)F)nn1C. The number of amides is 1. The van der Waals surface area contributed by atoms with Gasteiger partial charge in [-0.15, -0.1) is 5.10 Å². The van der Waals surface area contributed by atoms with Crippen molar-refractivity contribution in [1.29, 1.82) is 0 Å². The summed E-state index contributed by atoms with van der Waals surface area (Å²) in [5.74, 6) is -3.13. The Balaban J connectivity index is 1.79. The molecule has 0 radical (unpaired) electrons. The van der Waals surface area contributed by atoms with E-state index in [1.807, 2.05) is 0 Å². The van der Waals surface area contributed by atoms with Crippen molar-refractivity contribution in [3.8, 4) is 0 Å². The third-order valence-electron chi connectivity index (χ3n) is 4.17. The molecule has 3 heterocycles. The molecule has 4 atom stereocenters. The molecule has 2 fully saturated rings. The smallest absolute Gasteiger partial charge is 0.373 e. The number of nitrogens with zero attached hydrogens (tertiary/aromatic N) is 3. The Hall–Kier alpha value is -1.64. The molecule has 0 aliphatic carbocycles. The monoisotopic (exact) mass is 304 g/mol. The molecule has 9 heteroatoms. The number of carbonyl (C=O) groups is 1. The summed E-state index contributed by atoms with van der Waals surface area (Å²) in [4.78, 5) is 16.2. The highest BCUT2D eigenvalue weighted by atomic mass is 19.4. The maximum Gasteiger partial charge on any atom is 0.395 e. The summed E-state index contributed by atoms with van der Waals surface area (Å²) in [5, 5.41) is 6.29. The summed E-state index contributed by atoms with van der Waals surface area (Å²) in [5.41, 5.74) is 0. The van der Waals surface area contributed by atoms with Gasteiger partial charge in [-0.2, -0.15) is 18.2 Å². The topological polar surface area (TPSA) is 69.0 Å². The van der Waals surface area contributed by atoms with E-state index >= 15 is 0 Å². The summed E-state index contributed by atoms with van der Waals surface area (Å²) in [6.07, 6.45) is -5.21. The van der Waals surface area contributed by atoms with Crippen LogP contribution in [0.4, 0.5) is 19.1 Å². The van der Waals surface area contributed by atoms with Gasteiger partial charge >= 0.3 is 6.18 Å². The van der Waals surface area contributed by atoms with Gasteiger partial charge in [-0.25, -0.2) is 0 Å². The lowest BCUT2D eigenvalue weighted by atomic mass is 9.78. The Morgan fingerprint density at radius 3 is 2.62 bits per heavy atom. The largest absolute Gasteiger partial charge is 0.395 e. The van der Waals surface area contributed by atoms with E-state index in [1.165, 1.54) is 4.68 Å². The number of fused-ring (bicyclic) bond motifs is 2. The second-order valence-electron chi connectivity index (χ2n) is 5.48. The number of rotatable bonds is 2. The van der Waals surface area contributed by atoms with Crippen LogP contribution in [0.3, 0.4) is 0 Å². The average molecular weight is 304 g/mol. The number of ether oxygens (including phenoxy) is 1. The minimum absolute atomic E-state index is 0.0173. The molecule has 4 unspecified atom stereocenters. The number of aromatic nitrogens is 3. The Kier molecular flexibility index (Phi) is 3.19. The van der Waals surface area contributed by atoms with Gasteiger partial charge in [0.05, 0.1) is 24.0 Å². The summed E-state index contributed by atoms with van der Waals surface area (Å²) in [6, 6.07) is 0. The standard InChI is InChI=1S/C12H15F3N4O2/c1-5-16-11(18-19(5)2)17-10(20)8-6-3-4-7(21-6)9(8)12(13,14)15/h6-9H,3-4H2,1-2H3,(H,17,18,20). The molecular formula is C12H15F3N4O2. The maximum absolute atomic E-state index is 13.1. The first-order chi connectivity index (χ1) is 9.77. The van der Waals surface area contributed by atoms with Crippen molar-refractivity contribution in [3.63, 3.8) is 0 Å². The Morgan fingerprint density at radius 2 is 2.05 bits per heavy atom. The maximum atomic E-state index is 13.1. The van der Waals surface area contributed by atoms with Crippen molar-refractivity contribution in [2.45, 2.75) is 38.1 Å². The van der Waals surface area contributed by atoms with Crippen LogP contribution in [0.25, 0.3) is 0 Å². The molecule has 2 bridgehead atoms. The Labute approximate surface area is 118 Å². The second kappa shape index (κ2) is 4.69. The normalized spacial score (nSPS) is 31.7. The van der Waals surface area contributed by atoms with Gasteiger partial charge in [0.2, 0.25) is 11.9 Å². The molecule has 116 valence electrons. The van der Waals surface area contributed by atoms with Crippen LogP contribution in [0.1, 0.15) is 18.7 Å². The summed E-state index contributed by atoms with van der Waals surface area (Å²) in [7, 11) is 1.64. The van der Waals surface area contributed by atoms with Gasteiger partial charge in [-0.1, -0.05) is 0 Å². The van der Waals surface area contributed by atoms with Crippen LogP contribution >= 0.6 is 0 Å². The highest BCUT2D eigenvalue weighted by molar-refractivity contribution is 5.92. The van der Waals surface area contributed by atoms with Crippen molar-refractivity contribution >= 4 is 11.9 Å². The summed E-state index contributed by atoms with van der Waals surface area (Å²) < 4.78 is 46.1. The molecule has 1 aromatic heterocycles. The minimum atomic E-state index is -4.45. The number of carbonyl (C=O) groups excluding carboxylic acids is 1. The van der Waals surface area contributed by atoms with Gasteiger partial charge in [-0.05, 0) is 19.8 Å². The van der Waals surface area contributed by atoms with Crippen LogP contribution in [0.15, 0.2) is 0 Å². The molecule has 0 aromatic carbocycles. The van der Waals surface area contributed by atoms with Gasteiger partial charge in [0.1, 0.15) is 5.82 Å². The first-order valence-corrected chi connectivity index (χ1v) is 6.68. The summed E-state index contributed by atoms with van der Waals surface area (Å²) in [6.45, 7) is 1.68. The molecule has 6 nitrogen and oxygen atoms in total. The number of aryl methyl sites for hydroxylation is 2. The minimum Gasteiger partial charge on any atom is -0.373 e. The lowest BCUT2D eigenvalue weighted by Crippen LogP contribution is -2.44. The molecule has 1 aromatic rings. The fraction of sp³-hybridized carbons (Fsp3) is 0.750. The third-order valence-corrected chi connectivity index (χ3v) is 4.17. The number of anilines is 1. The van der Waals surface area contributed by atoms with Crippen molar-refractivity contribution in [1.82, 2.24) is 14.8 Å². The van der Waals surface area contributed by atoms with E-state index < -0.39 is 36.1 Å². The van der Waals surface area contributed by atoms with E-state index in [1.54, 1.807) is 14.0 Å². The average Bonchev–Trinajstić information content (AvgIpc) is 3.03. The van der Waals surface area contributed by atoms with E-state index in [0.29, 0.717) is 18.7 Å². The molecule has 2 aliphatic heterocycles. The summed E-state index contributed by atoms with van der Waals surface area (Å²) >= 11 is 0. The van der Waals surface area contributed by atoms with Crippen molar-refractivity contribution in [2.75, 3.05) is 5.32 Å². The van der Waals surface area contributed by atoms with E-state index in [4.69, 9.17) is 4.74 Å². The zero-order valence-corrected chi connectivity index (χ0v) is 11.5. The van der Waals surface area contributed by atoms with Crippen LogP contribution in [0, 0.1) is 18.8 Å². The quantitative estimate of drug-likeness (QED) is 0.897. The zero-order valence-electron chi connectivity index (χ0n) is 11.5. The first-order valence-electron chi connectivity index (χ1n) is 6.68. The molecule has 0 spiro atoms. The van der Waals surface area contributed by atoms with E-state index in [-0.39, 0.29) is 5.95 Å². The Bertz CT molecular complexity index is 552. The van der Waals surface area contributed by atoms with E-state index in [9.17, 15) is 18.0 Å². The predicted molar refractivity (Wildman–Crippen MR) is 65.3 cm³/mol. The molecule has 2 saturated heterocycles. The highest BCUT2D eigenvalue weighted by Gasteiger charge is 2.62. The highest BCUT2D eigenvalue weighted by Crippen LogP contribution is 2.50. The van der Waals surface area contributed by atoms with Crippen molar-refractivity contribution in [3.05, 3.63) is 5.82 Å². The molecule has 3 rings (SSSR count). The molecule has 1 amide bonds. The number of hydrogen-bond acceptors (Lipinski definition) is 4. The van der Waals surface area contributed by atoms with Crippen LogP contribution < -0.4 is 5.32 Å². The van der Waals surface area contributed by atoms with Gasteiger partial charge in [0, 0.05) is 7.05 Å². The van der Waals surface area contributed by atoms with Gasteiger partial charge < -0.3 is 4.74 Å². The van der Waals surface area contributed by atoms with E-state index in [0.717, 1.165) is 0 Å². The first kappa shape index (κ1) is 14.3. The molecular weight excluding hydrogens is 289 g/mol. The van der Waals surface area contributed by atoms with Crippen LogP contribution in [0.5, 0.6) is 0 Å². The van der Waals surface area contributed by atoms with Gasteiger partial charge in [0.25, 0.3) is 0 Å². The van der Waals surface area contributed by atoms with Crippen molar-refractivity contribution < 1.29 is 22.7 Å². The van der Waals surface area contributed by atoms with Crippen LogP contribution in [0.2, 0.25) is 0 Å². The Morgan fingerprint density at radius 1 is 1.38 bits per heavy atom. The second-order valence-corrected chi connectivity index (χ2v) is 5.48. The lowest BCUT2D eigenvalue weighted by molar-refractivity contribution is -0.196. The predicted octanol–water partition coefficient (Wildman–Crippen LogP) is 1.42. The van der Waals surface area contributed by atoms with Crippen LogP contribution in [-0.4, -0.2) is 39.1 Å². The molecule has 21 heavy (non-hydrogen) atoms. The fourth-order valence-corrected chi connectivity index (χ4v) is 3.14. The molecule has 2 aliphatic rings. The number of hydrogen-bond donors (Lipinski definition) is 1. The number of alkyl halides is 3. The fourth-order valence-electron chi connectivity index (χ4n) is 3.14. The van der Waals surface area contributed by atoms with Crippen LogP contribution in [-0.2, 0) is 16.6 Å². The van der Waals surface area contributed by atoms with Gasteiger partial charge in [-0.3, -0.25) is 14.8 Å². The van der Waals surface area contributed by atoms with Crippen molar-refractivity contribution in [2.24, 2.45) is 18.9 Å². The molecule has 1 N–H and O–H groups in total. The molecule has 0 saturated carbocycles. The lowest BCUT2D eigenvalue weighted by Gasteiger charge is -2.28. The van der Waals surface area contributed by atoms with Gasteiger partial charge in [0.15, 0.2) is 0 Å². The van der Waals surface area contributed by atoms with E-state index in [2.05, 4.69) is 15.4 Å². The number of nitrogens with one attached hydrogen (secondary N) is 1. The number of halogens is 3. The third kappa shape index (κ3) is 2.39. The zero-order chi connectivity index (χ0) is 15.4.